The number of anilines is 1. The molecule has 0 amide bonds. The molecule has 0 unspecified atom stereocenters. The summed E-state index contributed by atoms with van der Waals surface area (Å²) in [6.07, 6.45) is 2.11. The lowest BCUT2D eigenvalue weighted by molar-refractivity contribution is 0.240. The third-order valence-electron chi connectivity index (χ3n) is 4.43. The minimum Gasteiger partial charge on any atom is -0.361 e. The Hall–Kier alpha value is -2.81. The molecule has 9 heteroatoms. The van der Waals surface area contributed by atoms with E-state index in [2.05, 4.69) is 20.6 Å². The van der Waals surface area contributed by atoms with Crippen LogP contribution in [0.15, 0.2) is 35.4 Å². The zero-order valence-corrected chi connectivity index (χ0v) is 13.6. The van der Waals surface area contributed by atoms with Crippen LogP contribution in [0, 0.1) is 11.6 Å². The third-order valence-corrected chi connectivity index (χ3v) is 4.43. The van der Waals surface area contributed by atoms with Gasteiger partial charge in [-0.3, -0.25) is 9.20 Å². The molecule has 2 atom stereocenters. The zero-order valence-electron chi connectivity index (χ0n) is 13.6. The number of alkyl halides is 1. The van der Waals surface area contributed by atoms with Crippen molar-refractivity contribution in [3.63, 3.8) is 0 Å². The Balaban J connectivity index is 1.75. The number of nitrogens with zero attached hydrogens (tertiary/aromatic N) is 2. The van der Waals surface area contributed by atoms with Crippen LogP contribution in [0.1, 0.15) is 6.42 Å². The van der Waals surface area contributed by atoms with Crippen molar-refractivity contribution in [2.45, 2.75) is 18.6 Å². The van der Waals surface area contributed by atoms with E-state index < -0.39 is 23.8 Å². The first-order valence-corrected chi connectivity index (χ1v) is 8.20. The van der Waals surface area contributed by atoms with Gasteiger partial charge < -0.3 is 15.6 Å². The summed E-state index contributed by atoms with van der Waals surface area (Å²) >= 11 is 0. The van der Waals surface area contributed by atoms with Crippen molar-refractivity contribution >= 4 is 11.5 Å². The number of fused-ring (bicyclic) bond motifs is 1. The van der Waals surface area contributed by atoms with Gasteiger partial charge in [-0.1, -0.05) is 0 Å². The van der Waals surface area contributed by atoms with Gasteiger partial charge in [0.05, 0.1) is 11.7 Å². The largest absolute Gasteiger partial charge is 0.361 e. The molecule has 1 saturated heterocycles. The standard InChI is InChI=1S/C17H16F3N5O/c18-10-1-3-21-7-13(10)23-17-12(20)6-11(19)16(24-17)14-8-22-15-5-9(26)2-4-25(14)15/h2,4-6,8,10,13,21-22H,1,3,7H2,(H,23,24)/t10-,13-/m1/s1. The Kier molecular flexibility index (Phi) is 4.15. The fraction of sp³-hybridized carbons (Fsp3) is 0.294. The molecule has 0 bridgehead atoms. The van der Waals surface area contributed by atoms with Crippen molar-refractivity contribution in [3.8, 4) is 11.4 Å². The average molecular weight is 363 g/mol. The van der Waals surface area contributed by atoms with Crippen LogP contribution in [0.25, 0.3) is 17.0 Å². The normalized spacial score (nSPS) is 20.4. The third kappa shape index (κ3) is 2.94. The van der Waals surface area contributed by atoms with Gasteiger partial charge in [-0.25, -0.2) is 18.2 Å². The first kappa shape index (κ1) is 16.6. The Labute approximate surface area is 146 Å². The molecule has 6 nitrogen and oxygen atoms in total. The second kappa shape index (κ2) is 6.49. The van der Waals surface area contributed by atoms with E-state index in [0.29, 0.717) is 30.9 Å². The van der Waals surface area contributed by atoms with Gasteiger partial charge in [-0.15, -0.1) is 0 Å². The maximum atomic E-state index is 14.4. The minimum absolute atomic E-state index is 0.108. The number of H-pyrrole nitrogens is 1. The Bertz CT molecular complexity index is 1020. The molecule has 0 radical (unpaired) electrons. The first-order chi connectivity index (χ1) is 12.5. The smallest absolute Gasteiger partial charge is 0.183 e. The van der Waals surface area contributed by atoms with Gasteiger partial charge in [0.25, 0.3) is 0 Å². The second-order valence-electron chi connectivity index (χ2n) is 6.20. The Morgan fingerprint density at radius 2 is 2.12 bits per heavy atom. The van der Waals surface area contributed by atoms with E-state index in [-0.39, 0.29) is 16.9 Å². The summed E-state index contributed by atoms with van der Waals surface area (Å²) in [6.45, 7) is 0.876. The predicted molar refractivity (Wildman–Crippen MR) is 91.0 cm³/mol. The molecule has 0 saturated carbocycles. The van der Waals surface area contributed by atoms with Gasteiger partial charge in [0.2, 0.25) is 0 Å². The highest BCUT2D eigenvalue weighted by molar-refractivity contribution is 5.63. The molecule has 26 heavy (non-hydrogen) atoms. The van der Waals surface area contributed by atoms with Crippen LogP contribution < -0.4 is 16.1 Å². The number of aromatic nitrogens is 3. The molecule has 136 valence electrons. The molecular formula is C17H16F3N5O. The van der Waals surface area contributed by atoms with Crippen molar-refractivity contribution in [1.82, 2.24) is 19.7 Å². The summed E-state index contributed by atoms with van der Waals surface area (Å²) in [5.74, 6) is -1.96. The monoisotopic (exact) mass is 363 g/mol. The number of hydrogen-bond acceptors (Lipinski definition) is 4. The molecule has 1 fully saturated rings. The topological polar surface area (TPSA) is 74.2 Å². The molecule has 1 aliphatic rings. The van der Waals surface area contributed by atoms with Gasteiger partial charge in [0.1, 0.15) is 17.5 Å². The van der Waals surface area contributed by atoms with E-state index in [9.17, 15) is 18.0 Å². The number of hydrogen-bond donors (Lipinski definition) is 3. The molecule has 0 aromatic carbocycles. The highest BCUT2D eigenvalue weighted by Gasteiger charge is 2.26. The Morgan fingerprint density at radius 1 is 1.27 bits per heavy atom. The SMILES string of the molecule is O=c1ccn2c(-c3nc(N[C@@H]4CNCC[C@H]4F)c(F)cc3F)c[nH]c2c1. The van der Waals surface area contributed by atoms with Crippen molar-refractivity contribution in [2.24, 2.45) is 0 Å². The van der Waals surface area contributed by atoms with E-state index in [1.807, 2.05) is 0 Å². The second-order valence-corrected chi connectivity index (χ2v) is 6.20. The van der Waals surface area contributed by atoms with Gasteiger partial charge in [-0.2, -0.15) is 0 Å². The van der Waals surface area contributed by atoms with Crippen molar-refractivity contribution < 1.29 is 13.2 Å². The van der Waals surface area contributed by atoms with Crippen molar-refractivity contribution in [1.29, 1.82) is 0 Å². The zero-order chi connectivity index (χ0) is 18.3. The van der Waals surface area contributed by atoms with Crippen LogP contribution in [0.3, 0.4) is 0 Å². The van der Waals surface area contributed by atoms with Crippen LogP contribution in [0.2, 0.25) is 0 Å². The number of pyridine rings is 2. The predicted octanol–water partition coefficient (Wildman–Crippen LogP) is 2.08. The summed E-state index contributed by atoms with van der Waals surface area (Å²) in [6, 6.07) is 2.75. The molecule has 0 spiro atoms. The quantitative estimate of drug-likeness (QED) is 0.666. The molecular weight excluding hydrogens is 347 g/mol. The van der Waals surface area contributed by atoms with Crippen molar-refractivity contribution in [3.05, 3.63) is 52.5 Å². The van der Waals surface area contributed by atoms with E-state index in [1.165, 1.54) is 28.9 Å². The molecule has 3 aromatic rings. The molecule has 1 aliphatic heterocycles. The molecule has 0 aliphatic carbocycles. The van der Waals surface area contributed by atoms with Crippen LogP contribution >= 0.6 is 0 Å². The fourth-order valence-corrected chi connectivity index (χ4v) is 3.09. The maximum absolute atomic E-state index is 14.4. The first-order valence-electron chi connectivity index (χ1n) is 8.20. The molecule has 3 N–H and O–H groups in total. The number of imidazole rings is 1. The number of halogens is 3. The van der Waals surface area contributed by atoms with Gasteiger partial charge in [-0.05, 0) is 13.0 Å². The van der Waals surface area contributed by atoms with E-state index >= 15 is 0 Å². The lowest BCUT2D eigenvalue weighted by Crippen LogP contribution is -2.46. The number of piperidine rings is 1. The summed E-state index contributed by atoms with van der Waals surface area (Å²) in [7, 11) is 0. The number of aromatic amines is 1. The van der Waals surface area contributed by atoms with E-state index in [1.54, 1.807) is 0 Å². The van der Waals surface area contributed by atoms with Crippen LogP contribution in [-0.4, -0.2) is 39.7 Å². The van der Waals surface area contributed by atoms with E-state index in [4.69, 9.17) is 0 Å². The Morgan fingerprint density at radius 3 is 2.92 bits per heavy atom. The number of nitrogens with one attached hydrogen (secondary N) is 3. The van der Waals surface area contributed by atoms with Crippen LogP contribution in [-0.2, 0) is 0 Å². The van der Waals surface area contributed by atoms with Crippen molar-refractivity contribution in [2.75, 3.05) is 18.4 Å². The van der Waals surface area contributed by atoms with Crippen LogP contribution in [0.4, 0.5) is 19.0 Å². The maximum Gasteiger partial charge on any atom is 0.183 e. The molecule has 4 rings (SSSR count). The summed E-state index contributed by atoms with van der Waals surface area (Å²) in [4.78, 5) is 18.3. The molecule has 3 aromatic heterocycles. The molecule has 4 heterocycles. The fourth-order valence-electron chi connectivity index (χ4n) is 3.09. The lowest BCUT2D eigenvalue weighted by atomic mass is 10.1. The summed E-state index contributed by atoms with van der Waals surface area (Å²) in [5.41, 5.74) is 0.460. The summed E-state index contributed by atoms with van der Waals surface area (Å²) < 4.78 is 44.0. The van der Waals surface area contributed by atoms with Crippen LogP contribution in [0.5, 0.6) is 0 Å². The minimum atomic E-state index is -1.15. The van der Waals surface area contributed by atoms with Gasteiger partial charge >= 0.3 is 0 Å². The van der Waals surface area contributed by atoms with E-state index in [0.717, 1.165) is 6.07 Å². The number of rotatable bonds is 3. The van der Waals surface area contributed by atoms with Gasteiger partial charge in [0, 0.05) is 37.1 Å². The average Bonchev–Trinajstić information content (AvgIpc) is 3.02. The van der Waals surface area contributed by atoms with Gasteiger partial charge in [0.15, 0.2) is 22.9 Å². The lowest BCUT2D eigenvalue weighted by Gasteiger charge is -2.28. The summed E-state index contributed by atoms with van der Waals surface area (Å²) in [5, 5.41) is 5.75. The highest BCUT2D eigenvalue weighted by atomic mass is 19.1. The highest BCUT2D eigenvalue weighted by Crippen LogP contribution is 2.26.